The lowest BCUT2D eigenvalue weighted by molar-refractivity contribution is -0.141. The Morgan fingerprint density at radius 2 is 1.64 bits per heavy atom. The fourth-order valence-electron chi connectivity index (χ4n) is 4.48. The van der Waals surface area contributed by atoms with E-state index in [2.05, 4.69) is 9.97 Å². The summed E-state index contributed by atoms with van der Waals surface area (Å²) >= 11 is 0. The van der Waals surface area contributed by atoms with E-state index in [0.717, 1.165) is 38.2 Å². The van der Waals surface area contributed by atoms with Gasteiger partial charge in [0.15, 0.2) is 5.69 Å². The molecule has 1 aromatic rings. The van der Waals surface area contributed by atoms with Gasteiger partial charge in [0.2, 0.25) is 5.95 Å². The molecule has 3 saturated heterocycles. The zero-order chi connectivity index (χ0) is 17.6. The van der Waals surface area contributed by atoms with Gasteiger partial charge in [-0.15, -0.1) is 0 Å². The number of piperidine rings is 2. The third kappa shape index (κ3) is 3.28. The van der Waals surface area contributed by atoms with Crippen LogP contribution in [0.5, 0.6) is 0 Å². The standard InChI is InChI=1S/C17H23F3N4O/c18-17(19,20)14-10-15(22-16(21-14)23-6-1-2-7-23)24-11-4-3-5-12(24)9-13(25)8-11/h10-13,25H,1-9H2/t11-,12+,13?. The number of nitrogens with zero attached hydrogens (tertiary/aromatic N) is 4. The molecule has 0 aliphatic carbocycles. The molecule has 0 amide bonds. The molecular formula is C17H23F3N4O. The van der Waals surface area contributed by atoms with E-state index in [1.807, 2.05) is 9.80 Å². The Hall–Kier alpha value is -1.57. The van der Waals surface area contributed by atoms with E-state index in [-0.39, 0.29) is 24.1 Å². The maximum atomic E-state index is 13.4. The van der Waals surface area contributed by atoms with Gasteiger partial charge in [0, 0.05) is 31.2 Å². The molecule has 1 aromatic heterocycles. The first-order valence-electron chi connectivity index (χ1n) is 9.09. The van der Waals surface area contributed by atoms with Gasteiger partial charge in [-0.1, -0.05) is 0 Å². The average Bonchev–Trinajstić information content (AvgIpc) is 3.07. The minimum absolute atomic E-state index is 0.0601. The Morgan fingerprint density at radius 1 is 1.00 bits per heavy atom. The largest absolute Gasteiger partial charge is 0.433 e. The monoisotopic (exact) mass is 356 g/mol. The normalized spacial score (nSPS) is 30.0. The van der Waals surface area contributed by atoms with Crippen LogP contribution in [0, 0.1) is 0 Å². The zero-order valence-corrected chi connectivity index (χ0v) is 14.0. The van der Waals surface area contributed by atoms with Gasteiger partial charge in [-0.05, 0) is 44.9 Å². The maximum absolute atomic E-state index is 13.4. The van der Waals surface area contributed by atoms with Crippen molar-refractivity contribution in [3.05, 3.63) is 11.8 Å². The average molecular weight is 356 g/mol. The number of fused-ring (bicyclic) bond motifs is 2. The number of hydrogen-bond donors (Lipinski definition) is 1. The van der Waals surface area contributed by atoms with Crippen molar-refractivity contribution >= 4 is 11.8 Å². The van der Waals surface area contributed by atoms with Crippen LogP contribution in [0.2, 0.25) is 0 Å². The summed E-state index contributed by atoms with van der Waals surface area (Å²) in [5.41, 5.74) is -0.872. The van der Waals surface area contributed by atoms with Gasteiger partial charge in [-0.2, -0.15) is 18.2 Å². The molecule has 0 radical (unpaired) electrons. The number of alkyl halides is 3. The van der Waals surface area contributed by atoms with E-state index in [1.165, 1.54) is 0 Å². The second kappa shape index (κ2) is 6.30. The van der Waals surface area contributed by atoms with Crippen LogP contribution in [-0.2, 0) is 6.18 Å². The topological polar surface area (TPSA) is 52.5 Å². The Kier molecular flexibility index (Phi) is 4.25. The molecule has 3 atom stereocenters. The summed E-state index contributed by atoms with van der Waals surface area (Å²) < 4.78 is 40.2. The van der Waals surface area contributed by atoms with E-state index in [0.29, 0.717) is 31.7 Å². The molecular weight excluding hydrogens is 333 g/mol. The van der Waals surface area contributed by atoms with Crippen LogP contribution in [0.4, 0.5) is 24.9 Å². The fourth-order valence-corrected chi connectivity index (χ4v) is 4.48. The molecule has 4 rings (SSSR count). The Labute approximate surface area is 144 Å². The predicted molar refractivity (Wildman–Crippen MR) is 87.6 cm³/mol. The van der Waals surface area contributed by atoms with Crippen LogP contribution >= 0.6 is 0 Å². The third-order valence-corrected chi connectivity index (χ3v) is 5.59. The summed E-state index contributed by atoms with van der Waals surface area (Å²) in [6.07, 6.45) is 1.07. The van der Waals surface area contributed by atoms with Crippen molar-refractivity contribution in [2.24, 2.45) is 0 Å². The summed E-state index contributed by atoms with van der Waals surface area (Å²) in [4.78, 5) is 12.2. The van der Waals surface area contributed by atoms with Crippen molar-refractivity contribution in [1.82, 2.24) is 9.97 Å². The van der Waals surface area contributed by atoms with Crippen molar-refractivity contribution in [2.45, 2.75) is 69.3 Å². The number of rotatable bonds is 2. The van der Waals surface area contributed by atoms with Crippen molar-refractivity contribution < 1.29 is 18.3 Å². The summed E-state index contributed by atoms with van der Waals surface area (Å²) in [6.45, 7) is 1.40. The van der Waals surface area contributed by atoms with Crippen LogP contribution in [-0.4, -0.2) is 46.4 Å². The molecule has 0 aromatic carbocycles. The molecule has 0 saturated carbocycles. The van der Waals surface area contributed by atoms with Crippen LogP contribution in [0.15, 0.2) is 6.07 Å². The number of aromatic nitrogens is 2. The highest BCUT2D eigenvalue weighted by molar-refractivity contribution is 5.49. The van der Waals surface area contributed by atoms with Gasteiger partial charge in [0.25, 0.3) is 0 Å². The number of anilines is 2. The first-order valence-corrected chi connectivity index (χ1v) is 9.09. The molecule has 25 heavy (non-hydrogen) atoms. The number of halogens is 3. The fraction of sp³-hybridized carbons (Fsp3) is 0.765. The molecule has 8 heteroatoms. The lowest BCUT2D eigenvalue weighted by Gasteiger charge is -2.48. The molecule has 1 unspecified atom stereocenters. The van der Waals surface area contributed by atoms with Gasteiger partial charge in [0.1, 0.15) is 5.82 Å². The number of hydrogen-bond acceptors (Lipinski definition) is 5. The van der Waals surface area contributed by atoms with Crippen molar-refractivity contribution in [1.29, 1.82) is 0 Å². The molecule has 3 fully saturated rings. The Bertz CT molecular complexity index is 619. The summed E-state index contributed by atoms with van der Waals surface area (Å²) in [5, 5.41) is 10.0. The molecule has 0 spiro atoms. The van der Waals surface area contributed by atoms with Crippen LogP contribution in [0.25, 0.3) is 0 Å². The van der Waals surface area contributed by atoms with Gasteiger partial charge in [-0.25, -0.2) is 4.98 Å². The van der Waals surface area contributed by atoms with Crippen LogP contribution in [0.1, 0.15) is 50.6 Å². The first-order chi connectivity index (χ1) is 11.9. The lowest BCUT2D eigenvalue weighted by atomic mass is 9.83. The van der Waals surface area contributed by atoms with E-state index in [9.17, 15) is 18.3 Å². The maximum Gasteiger partial charge on any atom is 0.433 e. The smallest absolute Gasteiger partial charge is 0.393 e. The second-order valence-electron chi connectivity index (χ2n) is 7.37. The molecule has 5 nitrogen and oxygen atoms in total. The van der Waals surface area contributed by atoms with Crippen LogP contribution in [0.3, 0.4) is 0 Å². The highest BCUT2D eigenvalue weighted by Crippen LogP contribution is 2.39. The number of aliphatic hydroxyl groups excluding tert-OH is 1. The zero-order valence-electron chi connectivity index (χ0n) is 14.0. The minimum Gasteiger partial charge on any atom is -0.393 e. The molecule has 138 valence electrons. The van der Waals surface area contributed by atoms with E-state index in [4.69, 9.17) is 0 Å². The quantitative estimate of drug-likeness (QED) is 0.883. The number of aliphatic hydroxyl groups is 1. The van der Waals surface area contributed by atoms with Gasteiger partial charge >= 0.3 is 6.18 Å². The SMILES string of the molecule is OC1C[C@H]2CCC[C@@H](C1)N2c1cc(C(F)(F)F)nc(N2CCCC2)n1. The highest BCUT2D eigenvalue weighted by atomic mass is 19.4. The second-order valence-corrected chi connectivity index (χ2v) is 7.37. The Morgan fingerprint density at radius 3 is 2.24 bits per heavy atom. The lowest BCUT2D eigenvalue weighted by Crippen LogP contribution is -2.54. The van der Waals surface area contributed by atoms with Gasteiger partial charge in [-0.3, -0.25) is 0 Å². The van der Waals surface area contributed by atoms with Gasteiger partial charge < -0.3 is 14.9 Å². The Balaban J connectivity index is 1.74. The summed E-state index contributed by atoms with van der Waals surface area (Å²) in [6, 6.07) is 1.21. The van der Waals surface area contributed by atoms with Crippen molar-refractivity contribution in [3.8, 4) is 0 Å². The van der Waals surface area contributed by atoms with E-state index >= 15 is 0 Å². The van der Waals surface area contributed by atoms with Crippen molar-refractivity contribution in [3.63, 3.8) is 0 Å². The molecule has 1 N–H and O–H groups in total. The third-order valence-electron chi connectivity index (χ3n) is 5.59. The summed E-state index contributed by atoms with van der Waals surface area (Å²) in [7, 11) is 0. The minimum atomic E-state index is -4.49. The highest BCUT2D eigenvalue weighted by Gasteiger charge is 2.41. The van der Waals surface area contributed by atoms with Gasteiger partial charge in [0.05, 0.1) is 6.10 Å². The molecule has 3 aliphatic rings. The summed E-state index contributed by atoms with van der Waals surface area (Å²) in [5.74, 6) is 0.553. The van der Waals surface area contributed by atoms with Crippen molar-refractivity contribution in [2.75, 3.05) is 22.9 Å². The molecule has 2 bridgehead atoms. The molecule has 3 aliphatic heterocycles. The predicted octanol–water partition coefficient (Wildman–Crippen LogP) is 2.98. The van der Waals surface area contributed by atoms with E-state index in [1.54, 1.807) is 0 Å². The molecule has 4 heterocycles. The van der Waals surface area contributed by atoms with E-state index < -0.39 is 11.9 Å². The first kappa shape index (κ1) is 16.9. The van der Waals surface area contributed by atoms with Crippen LogP contribution < -0.4 is 9.80 Å².